The maximum absolute atomic E-state index is 15.3. The van der Waals surface area contributed by atoms with Crippen molar-refractivity contribution in [2.24, 2.45) is 5.73 Å². The smallest absolute Gasteiger partial charge is 0.328 e. The molecule has 13 rings (SSSR count). The molecule has 2 heterocycles. The van der Waals surface area contributed by atoms with Gasteiger partial charge in [0.15, 0.2) is 0 Å². The zero-order chi connectivity index (χ0) is 94.8. The summed E-state index contributed by atoms with van der Waals surface area (Å²) >= 11 is 0. The van der Waals surface area contributed by atoms with Crippen LogP contribution in [0.25, 0.3) is 23.1 Å². The SMILES string of the molecule is C/C(=C/c1cccc(OCc2ccccc2)c1C)[N+](=O)[O-].CC1Cc2c(ccc3[nH]ncc23)C(c2c(F)cc(/C=C/C(=O)O)cc2F)N1CC(C)(C)F.Cc1c(C=O)cccc1OCc1ccccc1.Cc1c(CC(C)N)cccc1OCc1ccccc1.Cc1c(CC(C)NCC(C)(C)F)cccc1OCc1ccccc1.Cc1c(O)cccc1CC(C)NCC(C)(C)F. The van der Waals surface area contributed by atoms with E-state index in [1.807, 2.05) is 217 Å². The van der Waals surface area contributed by atoms with E-state index in [2.05, 4.69) is 78.0 Å². The molecule has 17 nitrogen and oxygen atoms in total. The number of nitrogens with zero attached hydrogens (tertiary/aromatic N) is 3. The number of nitro groups is 1. The third-order valence-electron chi connectivity index (χ3n) is 21.7. The fourth-order valence-corrected chi connectivity index (χ4v) is 14.6. The molecular formula is C108H126F5N7O10. The number of carbonyl (C=O) groups is 2. The number of carbonyl (C=O) groups excluding carboxylic acids is 1. The molecule has 7 N–H and O–H groups in total. The van der Waals surface area contributed by atoms with Crippen molar-refractivity contribution in [1.82, 2.24) is 25.7 Å². The molecule has 1 aliphatic heterocycles. The van der Waals surface area contributed by atoms with E-state index in [0.717, 1.165) is 139 Å². The maximum atomic E-state index is 15.3. The first kappa shape index (κ1) is 103. The van der Waals surface area contributed by atoms with Crippen LogP contribution in [0.2, 0.25) is 0 Å². The van der Waals surface area contributed by atoms with Gasteiger partial charge in [-0.05, 0) is 268 Å². The van der Waals surface area contributed by atoms with Crippen molar-refractivity contribution in [2.75, 3.05) is 19.6 Å². The van der Waals surface area contributed by atoms with Gasteiger partial charge in [-0.25, -0.2) is 26.7 Å². The average molecular weight is 1780 g/mol. The number of hydrogen-bond donors (Lipinski definition) is 6. The van der Waals surface area contributed by atoms with Crippen LogP contribution in [-0.4, -0.2) is 103 Å². The van der Waals surface area contributed by atoms with E-state index in [4.69, 9.17) is 29.8 Å². The molecule has 11 aromatic carbocycles. The van der Waals surface area contributed by atoms with Gasteiger partial charge in [-0.1, -0.05) is 188 Å². The number of carboxylic acids is 1. The maximum Gasteiger partial charge on any atom is 0.328 e. The Balaban J connectivity index is 0.000000196. The van der Waals surface area contributed by atoms with Crippen molar-refractivity contribution in [3.63, 3.8) is 0 Å². The number of allylic oxidation sites excluding steroid dienone is 1. The topological polar surface area (TPSA) is 237 Å². The first-order chi connectivity index (χ1) is 61.7. The lowest BCUT2D eigenvalue weighted by molar-refractivity contribution is -0.422. The molecule has 0 fully saturated rings. The predicted molar refractivity (Wildman–Crippen MR) is 513 cm³/mol. The van der Waals surface area contributed by atoms with Gasteiger partial charge in [0, 0.05) is 85.0 Å². The van der Waals surface area contributed by atoms with Crippen LogP contribution in [0.4, 0.5) is 22.0 Å². The number of phenolic OH excluding ortho intramolecular Hbond substituents is 1. The third-order valence-corrected chi connectivity index (χ3v) is 21.7. The Kier molecular flexibility index (Phi) is 39.4. The number of aldehydes is 1. The quantitative estimate of drug-likeness (QED) is 0.00756. The number of aromatic hydroxyl groups is 1. The lowest BCUT2D eigenvalue weighted by Crippen LogP contribution is -2.48. The number of aromatic nitrogens is 2. The molecule has 22 heteroatoms. The molecule has 0 bridgehead atoms. The highest BCUT2D eigenvalue weighted by molar-refractivity contribution is 5.86. The molecule has 1 aliphatic rings. The van der Waals surface area contributed by atoms with Gasteiger partial charge in [-0.15, -0.1) is 0 Å². The minimum atomic E-state index is -1.58. The van der Waals surface area contributed by atoms with Crippen LogP contribution in [-0.2, 0) is 56.9 Å². The second-order valence-electron chi connectivity index (χ2n) is 34.8. The molecular weight excluding hydrogens is 1650 g/mol. The van der Waals surface area contributed by atoms with Crippen molar-refractivity contribution < 1.29 is 65.6 Å². The number of halogens is 5. The molecule has 0 aliphatic carbocycles. The van der Waals surface area contributed by atoms with E-state index in [9.17, 15) is 38.0 Å². The summed E-state index contributed by atoms with van der Waals surface area (Å²) < 4.78 is 95.8. The van der Waals surface area contributed by atoms with Gasteiger partial charge < -0.3 is 45.5 Å². The highest BCUT2D eigenvalue weighted by atomic mass is 19.2. The molecule has 0 saturated heterocycles. The Bertz CT molecular complexity index is 5640. The van der Waals surface area contributed by atoms with E-state index < -0.39 is 45.6 Å². The average Bonchev–Trinajstić information content (AvgIpc) is 1.25. The predicted octanol–water partition coefficient (Wildman–Crippen LogP) is 23.9. The number of hydrogen-bond acceptors (Lipinski definition) is 14. The van der Waals surface area contributed by atoms with Crippen molar-refractivity contribution in [3.05, 3.63) is 376 Å². The zero-order valence-electron chi connectivity index (χ0n) is 77.5. The lowest BCUT2D eigenvalue weighted by Gasteiger charge is -2.44. The molecule has 1 aromatic heterocycles. The van der Waals surface area contributed by atoms with Crippen molar-refractivity contribution in [2.45, 2.75) is 210 Å². The molecule has 5 atom stereocenters. The lowest BCUT2D eigenvalue weighted by atomic mass is 9.82. The Labute approximate surface area is 763 Å². The normalized spacial score (nSPS) is 13.9. The summed E-state index contributed by atoms with van der Waals surface area (Å²) in [6.07, 6.45) is 9.16. The molecule has 12 aromatic rings. The van der Waals surface area contributed by atoms with Gasteiger partial charge in [0.1, 0.15) is 90.1 Å². The molecule has 0 saturated carbocycles. The van der Waals surface area contributed by atoms with Crippen LogP contribution >= 0.6 is 0 Å². The number of nitrogens with two attached hydrogens (primary N) is 1. The number of benzene rings is 11. The number of fused-ring (bicyclic) bond motifs is 3. The van der Waals surface area contributed by atoms with Gasteiger partial charge >= 0.3 is 5.97 Å². The minimum absolute atomic E-state index is 0.0127. The van der Waals surface area contributed by atoms with Gasteiger partial charge in [0.2, 0.25) is 5.70 Å². The van der Waals surface area contributed by atoms with Crippen LogP contribution < -0.4 is 35.3 Å². The Morgan fingerprint density at radius 1 is 0.569 bits per heavy atom. The van der Waals surface area contributed by atoms with Crippen molar-refractivity contribution in [1.29, 1.82) is 0 Å². The summed E-state index contributed by atoms with van der Waals surface area (Å²) in [5.41, 5.74) is 19.0. The standard InChI is InChI=1S/C24H24F3N3O2.C21H28FNO.C17H17NO3.C17H21NO.C15H14O2.C14H22FNO/c1-13-8-16-15(5-6-20-17(16)11-28-29-20)23(30(13)12-24(2,3)27)22-18(25)9-14(10-19(22)26)4-7-21(31)32;1-16(23-15-21(3,4)22)13-19-11-8-12-20(17(19)2)24-14-18-9-6-5-7-10-18;1-13(18(19)20)11-16-9-6-10-17(14(16)2)21-12-15-7-4-3-5-8-15;1-13(18)11-16-9-6-10-17(14(16)2)19-12-15-7-4-3-5-8-15;1-12-14(10-16)8-5-9-15(12)17-11-13-6-3-2-4-7-13;1-10(16-9-14(3,4)15)8-12-6-5-7-13(17)11(12)2/h4-7,9-11,13,23H,8,12H2,1-3H3,(H,28,29)(H,31,32);5-12,16,23H,13-15H2,1-4H3;3-11H,12H2,1-2H3;3-10,13H,11-12,18H2,1-2H3;2-10H,11H2,1H3;5-7,10,16-17H,8-9H2,1-4H3/b7-4+;;13-11-;;;. The van der Waals surface area contributed by atoms with Crippen molar-refractivity contribution >= 4 is 35.3 Å². The summed E-state index contributed by atoms with van der Waals surface area (Å²) in [5, 5.41) is 43.4. The number of H-pyrrole nitrogens is 1. The summed E-state index contributed by atoms with van der Waals surface area (Å²) in [6.45, 7) is 31.4. The molecule has 688 valence electrons. The Morgan fingerprint density at radius 2 is 0.969 bits per heavy atom. The van der Waals surface area contributed by atoms with Gasteiger partial charge in [0.25, 0.3) is 0 Å². The van der Waals surface area contributed by atoms with Gasteiger partial charge in [-0.3, -0.25) is 24.9 Å². The van der Waals surface area contributed by atoms with E-state index in [1.54, 1.807) is 57.0 Å². The summed E-state index contributed by atoms with van der Waals surface area (Å²) in [5.74, 6) is 0.840. The first-order valence-corrected chi connectivity index (χ1v) is 43.7. The number of alkyl halides is 3. The first-order valence-electron chi connectivity index (χ1n) is 43.7. The monoisotopic (exact) mass is 1780 g/mol. The number of carboxylic acid groups (broad SMARTS) is 1. The van der Waals surface area contributed by atoms with Crippen LogP contribution in [0.1, 0.15) is 187 Å². The van der Waals surface area contributed by atoms with E-state index in [1.165, 1.54) is 43.0 Å². The fraction of sp³-hybridized carbons (Fsp3) is 0.324. The van der Waals surface area contributed by atoms with Crippen molar-refractivity contribution in [3.8, 4) is 28.7 Å². The van der Waals surface area contributed by atoms with Gasteiger partial charge in [-0.2, -0.15) is 5.10 Å². The van der Waals surface area contributed by atoms with Gasteiger partial charge in [0.05, 0.1) is 22.7 Å². The largest absolute Gasteiger partial charge is 0.508 e. The highest BCUT2D eigenvalue weighted by Crippen LogP contribution is 2.44. The number of nitrogens with one attached hydrogen (secondary N) is 3. The zero-order valence-corrected chi connectivity index (χ0v) is 77.5. The van der Waals surface area contributed by atoms with Crippen LogP contribution in [0.5, 0.6) is 28.7 Å². The number of ether oxygens (including phenoxy) is 4. The summed E-state index contributed by atoms with van der Waals surface area (Å²) in [4.78, 5) is 33.7. The van der Waals surface area contributed by atoms with Crippen LogP contribution in [0.15, 0.2) is 255 Å². The highest BCUT2D eigenvalue weighted by Gasteiger charge is 2.40. The Morgan fingerprint density at radius 3 is 1.38 bits per heavy atom. The van der Waals surface area contributed by atoms with E-state index >= 15 is 8.78 Å². The van der Waals surface area contributed by atoms with Crippen LogP contribution in [0.3, 0.4) is 0 Å². The van der Waals surface area contributed by atoms with E-state index in [0.29, 0.717) is 62.8 Å². The van der Waals surface area contributed by atoms with E-state index in [-0.39, 0.29) is 47.5 Å². The summed E-state index contributed by atoms with van der Waals surface area (Å²) in [6, 6.07) is 74.4. The number of rotatable bonds is 32. The second-order valence-corrected chi connectivity index (χ2v) is 34.8. The third kappa shape index (κ3) is 33.5. The summed E-state index contributed by atoms with van der Waals surface area (Å²) in [7, 11) is 0. The molecule has 0 spiro atoms. The molecule has 0 amide bonds. The molecule has 130 heavy (non-hydrogen) atoms. The molecule has 5 unspecified atom stereocenters. The fourth-order valence-electron chi connectivity index (χ4n) is 14.6. The number of aromatic amines is 1. The molecule has 0 radical (unpaired) electrons. The van der Waals surface area contributed by atoms with Crippen LogP contribution in [0, 0.1) is 56.4 Å². The Hall–Kier alpha value is -12.6. The number of phenols is 1. The second kappa shape index (κ2) is 49.8. The number of aliphatic carboxylic acids is 1. The minimum Gasteiger partial charge on any atom is -0.508 e.